The fraction of sp³-hybridized carbons (Fsp3) is 0.533. The Morgan fingerprint density at radius 1 is 1.33 bits per heavy atom. The molecule has 2 aliphatic heterocycles. The van der Waals surface area contributed by atoms with Gasteiger partial charge >= 0.3 is 0 Å². The lowest BCUT2D eigenvalue weighted by atomic mass is 10.1. The predicted molar refractivity (Wildman–Crippen MR) is 75.1 cm³/mol. The van der Waals surface area contributed by atoms with Gasteiger partial charge in [0.25, 0.3) is 0 Å². The van der Waals surface area contributed by atoms with Crippen LogP contribution in [0.4, 0.5) is 0 Å². The molecule has 2 aliphatic rings. The van der Waals surface area contributed by atoms with Gasteiger partial charge in [0.2, 0.25) is 5.88 Å². The SMILES string of the molecule is Cc1nc(C)c2c(n1)O[C@@H](CN1CCc3nocc3C1)C2. The van der Waals surface area contributed by atoms with E-state index in [1.165, 1.54) is 5.56 Å². The number of hydrogen-bond acceptors (Lipinski definition) is 6. The monoisotopic (exact) mass is 286 g/mol. The Hall–Kier alpha value is -1.95. The number of hydrogen-bond donors (Lipinski definition) is 0. The van der Waals surface area contributed by atoms with Gasteiger partial charge in [0.05, 0.1) is 5.69 Å². The van der Waals surface area contributed by atoms with Crippen molar-refractivity contribution >= 4 is 0 Å². The van der Waals surface area contributed by atoms with Gasteiger partial charge < -0.3 is 9.26 Å². The van der Waals surface area contributed by atoms with E-state index in [-0.39, 0.29) is 6.10 Å². The van der Waals surface area contributed by atoms with Crippen LogP contribution >= 0.6 is 0 Å². The molecule has 0 bridgehead atoms. The van der Waals surface area contributed by atoms with Crippen molar-refractivity contribution in [1.82, 2.24) is 20.0 Å². The van der Waals surface area contributed by atoms with Crippen LogP contribution in [0.3, 0.4) is 0 Å². The summed E-state index contributed by atoms with van der Waals surface area (Å²) < 4.78 is 11.0. The molecule has 0 unspecified atom stereocenters. The Bertz CT molecular complexity index is 682. The van der Waals surface area contributed by atoms with E-state index in [1.807, 2.05) is 13.8 Å². The van der Waals surface area contributed by atoms with Crippen LogP contribution in [0, 0.1) is 13.8 Å². The zero-order valence-electron chi connectivity index (χ0n) is 12.3. The van der Waals surface area contributed by atoms with E-state index in [1.54, 1.807) is 6.26 Å². The first-order chi connectivity index (χ1) is 10.2. The van der Waals surface area contributed by atoms with Crippen LogP contribution in [0.1, 0.15) is 28.3 Å². The van der Waals surface area contributed by atoms with Crippen molar-refractivity contribution in [3.63, 3.8) is 0 Å². The van der Waals surface area contributed by atoms with Crippen LogP contribution in [0.5, 0.6) is 5.88 Å². The fourth-order valence-corrected chi connectivity index (χ4v) is 3.21. The highest BCUT2D eigenvalue weighted by atomic mass is 16.5. The van der Waals surface area contributed by atoms with E-state index in [4.69, 9.17) is 9.26 Å². The van der Waals surface area contributed by atoms with Gasteiger partial charge in [0.1, 0.15) is 18.2 Å². The maximum Gasteiger partial charge on any atom is 0.220 e. The first-order valence-corrected chi connectivity index (χ1v) is 7.34. The molecule has 1 atom stereocenters. The van der Waals surface area contributed by atoms with E-state index >= 15 is 0 Å². The van der Waals surface area contributed by atoms with Crippen LogP contribution in [-0.4, -0.2) is 39.2 Å². The summed E-state index contributed by atoms with van der Waals surface area (Å²) in [4.78, 5) is 11.2. The first-order valence-electron chi connectivity index (χ1n) is 7.34. The Labute approximate surface area is 123 Å². The highest BCUT2D eigenvalue weighted by molar-refractivity contribution is 5.34. The number of aromatic nitrogens is 3. The van der Waals surface area contributed by atoms with Crippen LogP contribution < -0.4 is 4.74 Å². The average molecular weight is 286 g/mol. The number of rotatable bonds is 2. The number of ether oxygens (including phenoxy) is 1. The second-order valence-electron chi connectivity index (χ2n) is 5.86. The summed E-state index contributed by atoms with van der Waals surface area (Å²) in [7, 11) is 0. The highest BCUT2D eigenvalue weighted by Gasteiger charge is 2.30. The van der Waals surface area contributed by atoms with Crippen molar-refractivity contribution in [3.05, 3.63) is 34.6 Å². The molecule has 4 heterocycles. The van der Waals surface area contributed by atoms with Crippen molar-refractivity contribution in [1.29, 1.82) is 0 Å². The number of nitrogens with zero attached hydrogens (tertiary/aromatic N) is 4. The zero-order valence-corrected chi connectivity index (χ0v) is 12.3. The Morgan fingerprint density at radius 2 is 2.24 bits per heavy atom. The largest absolute Gasteiger partial charge is 0.472 e. The molecular weight excluding hydrogens is 268 g/mol. The zero-order chi connectivity index (χ0) is 14.4. The smallest absolute Gasteiger partial charge is 0.220 e. The number of aryl methyl sites for hydroxylation is 2. The van der Waals surface area contributed by atoms with Gasteiger partial charge in [-0.05, 0) is 13.8 Å². The summed E-state index contributed by atoms with van der Waals surface area (Å²) >= 11 is 0. The van der Waals surface area contributed by atoms with Crippen LogP contribution in [0.2, 0.25) is 0 Å². The van der Waals surface area contributed by atoms with E-state index < -0.39 is 0 Å². The molecule has 0 aromatic carbocycles. The third kappa shape index (κ3) is 2.29. The van der Waals surface area contributed by atoms with Crippen LogP contribution in [-0.2, 0) is 19.4 Å². The van der Waals surface area contributed by atoms with E-state index in [2.05, 4.69) is 20.0 Å². The molecule has 0 fully saturated rings. The molecule has 0 amide bonds. The van der Waals surface area contributed by atoms with Crippen LogP contribution in [0.15, 0.2) is 10.8 Å². The third-order valence-electron chi connectivity index (χ3n) is 4.25. The van der Waals surface area contributed by atoms with Crippen molar-refractivity contribution in [2.75, 3.05) is 13.1 Å². The molecule has 2 aromatic rings. The lowest BCUT2D eigenvalue weighted by Gasteiger charge is -2.27. The molecule has 21 heavy (non-hydrogen) atoms. The second-order valence-corrected chi connectivity index (χ2v) is 5.86. The van der Waals surface area contributed by atoms with E-state index in [0.717, 1.165) is 61.1 Å². The molecule has 0 N–H and O–H groups in total. The minimum Gasteiger partial charge on any atom is -0.472 e. The molecule has 0 saturated carbocycles. The second kappa shape index (κ2) is 4.80. The van der Waals surface area contributed by atoms with Crippen LogP contribution in [0.25, 0.3) is 0 Å². The van der Waals surface area contributed by atoms with Crippen molar-refractivity contribution in [2.24, 2.45) is 0 Å². The molecule has 0 aliphatic carbocycles. The first kappa shape index (κ1) is 12.8. The summed E-state index contributed by atoms with van der Waals surface area (Å²) in [5, 5.41) is 4.03. The summed E-state index contributed by atoms with van der Waals surface area (Å²) in [6, 6.07) is 0. The highest BCUT2D eigenvalue weighted by Crippen LogP contribution is 2.29. The van der Waals surface area contributed by atoms with Gasteiger partial charge in [-0.25, -0.2) is 4.98 Å². The third-order valence-corrected chi connectivity index (χ3v) is 4.25. The molecular formula is C15H18N4O2. The minimum absolute atomic E-state index is 0.163. The summed E-state index contributed by atoms with van der Waals surface area (Å²) in [5.41, 5.74) is 4.50. The van der Waals surface area contributed by atoms with Gasteiger partial charge in [-0.2, -0.15) is 4.98 Å². The summed E-state index contributed by atoms with van der Waals surface area (Å²) in [6.07, 6.45) is 3.76. The summed E-state index contributed by atoms with van der Waals surface area (Å²) in [5.74, 6) is 1.55. The Morgan fingerprint density at radius 3 is 3.14 bits per heavy atom. The van der Waals surface area contributed by atoms with Crippen molar-refractivity contribution in [2.45, 2.75) is 39.3 Å². The Kier molecular flexibility index (Phi) is 2.92. The molecule has 2 aromatic heterocycles. The molecule has 0 spiro atoms. The lowest BCUT2D eigenvalue weighted by molar-refractivity contribution is 0.137. The normalized spacial score (nSPS) is 21.0. The maximum absolute atomic E-state index is 6.01. The fourth-order valence-electron chi connectivity index (χ4n) is 3.21. The Balaban J connectivity index is 1.45. The van der Waals surface area contributed by atoms with Crippen molar-refractivity contribution in [3.8, 4) is 5.88 Å². The van der Waals surface area contributed by atoms with Crippen molar-refractivity contribution < 1.29 is 9.26 Å². The molecule has 6 heteroatoms. The topological polar surface area (TPSA) is 64.3 Å². The summed E-state index contributed by atoms with van der Waals surface area (Å²) in [6.45, 7) is 6.73. The van der Waals surface area contributed by atoms with E-state index in [0.29, 0.717) is 0 Å². The standard InChI is InChI=1S/C15H18N4O2/c1-9-13-5-12(21-15(13)17-10(2)16-9)7-19-4-3-14-11(6-19)8-20-18-14/h8,12H,3-7H2,1-2H3/t12-/m1/s1. The molecule has 110 valence electrons. The quantitative estimate of drug-likeness (QED) is 0.832. The maximum atomic E-state index is 6.01. The van der Waals surface area contributed by atoms with Gasteiger partial charge in [-0.15, -0.1) is 0 Å². The predicted octanol–water partition coefficient (Wildman–Crippen LogP) is 1.44. The molecule has 4 rings (SSSR count). The van der Waals surface area contributed by atoms with Gasteiger partial charge in [0.15, 0.2) is 0 Å². The lowest BCUT2D eigenvalue weighted by Crippen LogP contribution is -2.38. The molecule has 0 saturated heterocycles. The number of fused-ring (bicyclic) bond motifs is 2. The van der Waals surface area contributed by atoms with Gasteiger partial charge in [-0.1, -0.05) is 5.16 Å². The van der Waals surface area contributed by atoms with Gasteiger partial charge in [0, 0.05) is 49.3 Å². The minimum atomic E-state index is 0.163. The average Bonchev–Trinajstić information content (AvgIpc) is 3.04. The molecule has 0 radical (unpaired) electrons. The van der Waals surface area contributed by atoms with E-state index in [9.17, 15) is 0 Å². The van der Waals surface area contributed by atoms with Gasteiger partial charge in [-0.3, -0.25) is 4.90 Å². The molecule has 6 nitrogen and oxygen atoms in total.